The second-order valence-corrected chi connectivity index (χ2v) is 16.3. The summed E-state index contributed by atoms with van der Waals surface area (Å²) in [5, 5.41) is 10.9. The third-order valence-electron chi connectivity index (χ3n) is 12.2. The predicted octanol–water partition coefficient (Wildman–Crippen LogP) is 14.9. The molecule has 11 rings (SSSR count). The fourth-order valence-corrected chi connectivity index (χ4v) is 8.95. The van der Waals surface area contributed by atoms with Crippen molar-refractivity contribution in [3.63, 3.8) is 0 Å². The monoisotopic (exact) mass is 856 g/mol. The second kappa shape index (κ2) is 17.7. The van der Waals surface area contributed by atoms with Crippen molar-refractivity contribution in [3.05, 3.63) is 236 Å². The van der Waals surface area contributed by atoms with E-state index in [0.29, 0.717) is 17.2 Å². The van der Waals surface area contributed by atoms with E-state index in [1.807, 2.05) is 115 Å². The number of nitrogens with two attached hydrogens (primary N) is 1. The molecule has 2 N–H and O–H groups in total. The van der Waals surface area contributed by atoms with E-state index >= 15 is 0 Å². The number of rotatable bonds is 9. The quantitative estimate of drug-likeness (QED) is 0.145. The third-order valence-corrected chi connectivity index (χ3v) is 12.2. The van der Waals surface area contributed by atoms with Crippen LogP contribution in [0.25, 0.3) is 112 Å². The Morgan fingerprint density at radius 2 is 0.821 bits per heavy atom. The van der Waals surface area contributed by atoms with Crippen molar-refractivity contribution in [2.75, 3.05) is 5.73 Å². The molecule has 0 amide bonds. The molecule has 2 aromatic heterocycles. The van der Waals surface area contributed by atoms with E-state index in [4.69, 9.17) is 25.7 Å². The molecule has 2 heterocycles. The molecule has 0 saturated carbocycles. The molecule has 0 aliphatic carbocycles. The van der Waals surface area contributed by atoms with Crippen LogP contribution in [-0.2, 0) is 0 Å². The van der Waals surface area contributed by atoms with Crippen molar-refractivity contribution >= 4 is 16.6 Å². The Morgan fingerprint density at radius 1 is 0.328 bits per heavy atom. The SMILES string of the molecule is N#Cc1ccccc1-c1cccc(-c2nc(-c3ccccc3-c3ccccc3-c3ccccc3-c3cc(-c4cccc(-c5ccccc5N)c4)nc(-c4ccccc4)n3)nc3ccccc23)c1. The zero-order valence-electron chi connectivity index (χ0n) is 36.3. The van der Waals surface area contributed by atoms with Crippen molar-refractivity contribution < 1.29 is 0 Å². The van der Waals surface area contributed by atoms with Crippen LogP contribution in [0.3, 0.4) is 0 Å². The summed E-state index contributed by atoms with van der Waals surface area (Å²) in [5.41, 5.74) is 23.7. The van der Waals surface area contributed by atoms with Gasteiger partial charge in [0.25, 0.3) is 0 Å². The van der Waals surface area contributed by atoms with Crippen LogP contribution in [0.4, 0.5) is 5.69 Å². The Bertz CT molecular complexity index is 3680. The highest BCUT2D eigenvalue weighted by Gasteiger charge is 2.20. The fraction of sp³-hybridized carbons (Fsp3) is 0. The summed E-state index contributed by atoms with van der Waals surface area (Å²) in [4.78, 5) is 21.1. The fourth-order valence-electron chi connectivity index (χ4n) is 8.95. The van der Waals surface area contributed by atoms with Crippen molar-refractivity contribution in [2.24, 2.45) is 0 Å². The summed E-state index contributed by atoms with van der Waals surface area (Å²) in [6.45, 7) is 0. The van der Waals surface area contributed by atoms with Gasteiger partial charge < -0.3 is 5.73 Å². The summed E-state index contributed by atoms with van der Waals surface area (Å²) < 4.78 is 0. The number of nitrogen functional groups attached to an aromatic ring is 1. The molecule has 0 atom stereocenters. The van der Waals surface area contributed by atoms with Crippen LogP contribution < -0.4 is 5.73 Å². The van der Waals surface area contributed by atoms with Crippen LogP contribution in [0.1, 0.15) is 5.56 Å². The maximum atomic E-state index is 9.93. The van der Waals surface area contributed by atoms with Gasteiger partial charge in [0, 0.05) is 44.5 Å². The average Bonchev–Trinajstić information content (AvgIpc) is 3.41. The molecule has 9 aromatic carbocycles. The Labute approximate surface area is 389 Å². The molecule has 0 radical (unpaired) electrons. The van der Waals surface area contributed by atoms with Gasteiger partial charge >= 0.3 is 0 Å². The minimum atomic E-state index is 0.614. The standard InChI is InChI=1S/C61H40N6/c62-39-45-20-4-5-25-46(45)41-21-17-24-44(37-41)59-54-33-13-15-35-56(54)64-61(67-59)53-32-11-9-30-51(53)49-28-7-6-27-48(49)50-29-8-10-31-52(50)58-38-57(65-60(66-58)40-18-2-1-3-19-40)43-23-16-22-42(36-43)47-26-12-14-34-55(47)63/h1-38H,63H2. The number of aromatic nitrogens is 4. The van der Waals surface area contributed by atoms with Gasteiger partial charge in [0.15, 0.2) is 11.6 Å². The van der Waals surface area contributed by atoms with Crippen LogP contribution in [0.2, 0.25) is 0 Å². The number of fused-ring (bicyclic) bond motifs is 1. The molecule has 6 nitrogen and oxygen atoms in total. The van der Waals surface area contributed by atoms with Crippen LogP contribution in [0.15, 0.2) is 231 Å². The normalized spacial score (nSPS) is 11.0. The van der Waals surface area contributed by atoms with E-state index in [1.165, 1.54) is 0 Å². The summed E-state index contributed by atoms with van der Waals surface area (Å²) in [6, 6.07) is 80.3. The van der Waals surface area contributed by atoms with E-state index in [-0.39, 0.29) is 0 Å². The number of nitrogens with zero attached hydrogens (tertiary/aromatic N) is 5. The first-order valence-electron chi connectivity index (χ1n) is 22.1. The minimum Gasteiger partial charge on any atom is -0.398 e. The molecule has 0 saturated heterocycles. The molecule has 0 bridgehead atoms. The first-order valence-corrected chi connectivity index (χ1v) is 22.1. The van der Waals surface area contributed by atoms with Gasteiger partial charge in [-0.05, 0) is 75.3 Å². The maximum absolute atomic E-state index is 9.93. The number of nitriles is 1. The molecule has 0 fully saturated rings. The van der Waals surface area contributed by atoms with Crippen LogP contribution in [0.5, 0.6) is 0 Å². The zero-order valence-corrected chi connectivity index (χ0v) is 36.3. The molecule has 67 heavy (non-hydrogen) atoms. The maximum Gasteiger partial charge on any atom is 0.161 e. The van der Waals surface area contributed by atoms with Gasteiger partial charge in [-0.3, -0.25) is 0 Å². The van der Waals surface area contributed by atoms with Gasteiger partial charge in [-0.15, -0.1) is 0 Å². The highest BCUT2D eigenvalue weighted by molar-refractivity contribution is 5.98. The lowest BCUT2D eigenvalue weighted by Crippen LogP contribution is -1.99. The largest absolute Gasteiger partial charge is 0.398 e. The molecular weight excluding hydrogens is 817 g/mol. The minimum absolute atomic E-state index is 0.614. The predicted molar refractivity (Wildman–Crippen MR) is 273 cm³/mol. The van der Waals surface area contributed by atoms with Gasteiger partial charge in [-0.1, -0.05) is 194 Å². The lowest BCUT2D eigenvalue weighted by molar-refractivity contribution is 1.18. The first-order chi connectivity index (χ1) is 33.1. The highest BCUT2D eigenvalue weighted by atomic mass is 14.9. The number of para-hydroxylation sites is 2. The van der Waals surface area contributed by atoms with Crippen molar-refractivity contribution in [1.82, 2.24) is 19.9 Å². The third kappa shape index (κ3) is 7.88. The molecule has 0 aliphatic heterocycles. The number of anilines is 1. The molecular formula is C61H40N6. The topological polar surface area (TPSA) is 101 Å². The summed E-state index contributed by atoms with van der Waals surface area (Å²) in [6.07, 6.45) is 0. The van der Waals surface area contributed by atoms with Crippen molar-refractivity contribution in [1.29, 1.82) is 5.26 Å². The Morgan fingerprint density at radius 3 is 1.54 bits per heavy atom. The lowest BCUT2D eigenvalue weighted by atomic mass is 9.88. The molecule has 0 unspecified atom stereocenters. The summed E-state index contributed by atoms with van der Waals surface area (Å²) in [7, 11) is 0. The van der Waals surface area contributed by atoms with E-state index < -0.39 is 0 Å². The van der Waals surface area contributed by atoms with Crippen LogP contribution in [-0.4, -0.2) is 19.9 Å². The molecule has 6 heteroatoms. The Hall–Kier alpha value is -9.31. The highest BCUT2D eigenvalue weighted by Crippen LogP contribution is 2.43. The molecule has 11 aromatic rings. The molecule has 0 aliphatic rings. The van der Waals surface area contributed by atoms with E-state index in [9.17, 15) is 5.26 Å². The second-order valence-electron chi connectivity index (χ2n) is 16.3. The van der Waals surface area contributed by atoms with Crippen LogP contribution >= 0.6 is 0 Å². The van der Waals surface area contributed by atoms with Gasteiger partial charge in [0.1, 0.15) is 0 Å². The number of hydrogen-bond donors (Lipinski definition) is 1. The van der Waals surface area contributed by atoms with E-state index in [1.54, 1.807) is 0 Å². The van der Waals surface area contributed by atoms with Crippen molar-refractivity contribution in [3.8, 4) is 107 Å². The Balaban J connectivity index is 1.05. The van der Waals surface area contributed by atoms with E-state index in [2.05, 4.69) is 121 Å². The van der Waals surface area contributed by atoms with Crippen molar-refractivity contribution in [2.45, 2.75) is 0 Å². The van der Waals surface area contributed by atoms with Gasteiger partial charge in [0.2, 0.25) is 0 Å². The summed E-state index contributed by atoms with van der Waals surface area (Å²) >= 11 is 0. The van der Waals surface area contributed by atoms with E-state index in [0.717, 1.165) is 106 Å². The average molecular weight is 857 g/mol. The lowest BCUT2D eigenvalue weighted by Gasteiger charge is -2.18. The van der Waals surface area contributed by atoms with Gasteiger partial charge in [-0.2, -0.15) is 5.26 Å². The summed E-state index contributed by atoms with van der Waals surface area (Å²) in [5.74, 6) is 1.25. The number of hydrogen-bond acceptors (Lipinski definition) is 6. The first kappa shape index (κ1) is 40.5. The van der Waals surface area contributed by atoms with Gasteiger partial charge in [-0.25, -0.2) is 19.9 Å². The van der Waals surface area contributed by atoms with Crippen LogP contribution in [0, 0.1) is 11.3 Å². The smallest absolute Gasteiger partial charge is 0.161 e. The molecule has 0 spiro atoms. The van der Waals surface area contributed by atoms with Gasteiger partial charge in [0.05, 0.1) is 34.2 Å². The Kier molecular flexibility index (Phi) is 10.7. The number of benzene rings is 9. The zero-order chi connectivity index (χ0) is 45.1. The molecule has 314 valence electrons.